The molecule has 0 aliphatic rings. The van der Waals surface area contributed by atoms with Gasteiger partial charge >= 0.3 is 0 Å². The Morgan fingerprint density at radius 2 is 1.32 bits per heavy atom. The van der Waals surface area contributed by atoms with E-state index in [1.165, 1.54) is 0 Å². The number of aryl methyl sites for hydroxylation is 3. The first-order valence-electron chi connectivity index (χ1n) is 12.0. The molecule has 0 saturated carbocycles. The highest BCUT2D eigenvalue weighted by molar-refractivity contribution is 5.93. The van der Waals surface area contributed by atoms with Crippen molar-refractivity contribution in [2.45, 2.75) is 13.8 Å². The fourth-order valence-corrected chi connectivity index (χ4v) is 4.92. The van der Waals surface area contributed by atoms with Gasteiger partial charge in [0.05, 0.1) is 11.4 Å². The summed E-state index contributed by atoms with van der Waals surface area (Å²) in [5.41, 5.74) is 8.06. The molecule has 37 heavy (non-hydrogen) atoms. The summed E-state index contributed by atoms with van der Waals surface area (Å²) >= 11 is 0. The zero-order valence-electron chi connectivity index (χ0n) is 20.7. The molecule has 0 unspecified atom stereocenters. The molecule has 0 fully saturated rings. The molecule has 6 rings (SSSR count). The second-order valence-electron chi connectivity index (χ2n) is 9.15. The third-order valence-corrected chi connectivity index (χ3v) is 6.60. The minimum Gasteiger partial charge on any atom is -0.508 e. The summed E-state index contributed by atoms with van der Waals surface area (Å²) in [4.78, 5) is 5.00. The number of rotatable bonds is 4. The van der Waals surface area contributed by atoms with Gasteiger partial charge in [-0.25, -0.2) is 9.67 Å². The summed E-state index contributed by atoms with van der Waals surface area (Å²) in [6.07, 6.45) is 0. The number of hydrogen-bond acceptors (Lipinski definition) is 5. The van der Waals surface area contributed by atoms with Gasteiger partial charge in [-0.15, -0.1) is 0 Å². The highest BCUT2D eigenvalue weighted by Gasteiger charge is 2.24. The smallest absolute Gasteiger partial charge is 0.160 e. The number of phenols is 2. The van der Waals surface area contributed by atoms with Crippen molar-refractivity contribution in [3.63, 3.8) is 0 Å². The van der Waals surface area contributed by atoms with Gasteiger partial charge in [-0.3, -0.25) is 4.68 Å². The Kier molecular flexibility index (Phi) is 5.26. The van der Waals surface area contributed by atoms with Gasteiger partial charge < -0.3 is 10.2 Å². The molecule has 0 aliphatic heterocycles. The Bertz CT molecular complexity index is 1750. The molecule has 7 heteroatoms. The van der Waals surface area contributed by atoms with E-state index < -0.39 is 0 Å². The third kappa shape index (κ3) is 3.81. The molecule has 0 spiro atoms. The van der Waals surface area contributed by atoms with E-state index in [-0.39, 0.29) is 11.5 Å². The summed E-state index contributed by atoms with van der Waals surface area (Å²) in [6, 6.07) is 26.3. The van der Waals surface area contributed by atoms with Crippen LogP contribution in [-0.4, -0.2) is 34.8 Å². The number of phenolic OH excluding ortho intramolecular Hbond substituents is 2. The number of aromatic nitrogens is 5. The molecule has 0 radical (unpaired) electrons. The van der Waals surface area contributed by atoms with E-state index in [0.717, 1.165) is 55.9 Å². The van der Waals surface area contributed by atoms with Crippen LogP contribution in [0.25, 0.3) is 50.5 Å². The molecular formula is C30H25N5O2. The molecule has 0 saturated heterocycles. The average molecular weight is 488 g/mol. The summed E-state index contributed by atoms with van der Waals surface area (Å²) in [5, 5.41) is 30.7. The Hall–Kier alpha value is -4.91. The van der Waals surface area contributed by atoms with Gasteiger partial charge in [0, 0.05) is 29.1 Å². The first kappa shape index (κ1) is 22.5. The van der Waals surface area contributed by atoms with Crippen LogP contribution >= 0.6 is 0 Å². The molecule has 0 atom stereocenters. The van der Waals surface area contributed by atoms with Gasteiger partial charge in [-0.2, -0.15) is 10.2 Å². The van der Waals surface area contributed by atoms with E-state index in [1.54, 1.807) is 28.9 Å². The lowest BCUT2D eigenvalue weighted by atomic mass is 9.95. The molecule has 7 nitrogen and oxygen atoms in total. The predicted molar refractivity (Wildman–Crippen MR) is 145 cm³/mol. The monoisotopic (exact) mass is 487 g/mol. The highest BCUT2D eigenvalue weighted by atomic mass is 16.3. The van der Waals surface area contributed by atoms with E-state index in [0.29, 0.717) is 5.82 Å². The Morgan fingerprint density at radius 1 is 0.703 bits per heavy atom. The van der Waals surface area contributed by atoms with E-state index in [1.807, 2.05) is 67.2 Å². The van der Waals surface area contributed by atoms with Crippen molar-refractivity contribution in [2.24, 2.45) is 7.05 Å². The van der Waals surface area contributed by atoms with Gasteiger partial charge in [0.1, 0.15) is 17.2 Å². The second-order valence-corrected chi connectivity index (χ2v) is 9.15. The van der Waals surface area contributed by atoms with E-state index in [9.17, 15) is 10.2 Å². The quantitative estimate of drug-likeness (QED) is 0.310. The SMILES string of the molecule is Cc1cc(-n2nc(-c3ccc(O)cc3)c(-c3ccccc3)c2-c2ccc(O)cc2)nc2c1c(C)nn2C. The van der Waals surface area contributed by atoms with Crippen LogP contribution in [0.2, 0.25) is 0 Å². The zero-order chi connectivity index (χ0) is 25.7. The lowest BCUT2D eigenvalue weighted by Gasteiger charge is -2.12. The van der Waals surface area contributed by atoms with Crippen LogP contribution < -0.4 is 0 Å². The van der Waals surface area contributed by atoms with Crippen LogP contribution in [0, 0.1) is 13.8 Å². The van der Waals surface area contributed by atoms with E-state index in [2.05, 4.69) is 24.2 Å². The van der Waals surface area contributed by atoms with Crippen molar-refractivity contribution < 1.29 is 10.2 Å². The maximum Gasteiger partial charge on any atom is 0.160 e. The minimum atomic E-state index is 0.190. The Balaban J connectivity index is 1.73. The standard InChI is InChI=1S/C30H25N5O2/c1-18-17-25(31-30-26(18)19(2)32-34(30)3)35-29(22-11-15-24(37)16-12-22)27(20-7-5-4-6-8-20)28(33-35)21-9-13-23(36)14-10-21/h4-17,36-37H,1-3H3. The van der Waals surface area contributed by atoms with Crippen molar-refractivity contribution in [1.82, 2.24) is 24.5 Å². The Morgan fingerprint density at radius 3 is 1.97 bits per heavy atom. The lowest BCUT2D eigenvalue weighted by Crippen LogP contribution is -2.04. The van der Waals surface area contributed by atoms with Crippen LogP contribution in [0.3, 0.4) is 0 Å². The maximum atomic E-state index is 10.0. The summed E-state index contributed by atoms with van der Waals surface area (Å²) in [6.45, 7) is 4.05. The van der Waals surface area contributed by atoms with Crippen LogP contribution in [0.5, 0.6) is 11.5 Å². The second kappa shape index (κ2) is 8.64. The normalized spacial score (nSPS) is 11.3. The third-order valence-electron chi connectivity index (χ3n) is 6.60. The van der Waals surface area contributed by atoms with Crippen molar-refractivity contribution >= 4 is 11.0 Å². The first-order valence-corrected chi connectivity index (χ1v) is 12.0. The number of benzene rings is 3. The number of fused-ring (bicyclic) bond motifs is 1. The summed E-state index contributed by atoms with van der Waals surface area (Å²) in [5.74, 6) is 1.05. The average Bonchev–Trinajstić information content (AvgIpc) is 3.43. The van der Waals surface area contributed by atoms with Crippen molar-refractivity contribution in [2.75, 3.05) is 0 Å². The minimum absolute atomic E-state index is 0.190. The lowest BCUT2D eigenvalue weighted by molar-refractivity contribution is 0.475. The summed E-state index contributed by atoms with van der Waals surface area (Å²) in [7, 11) is 1.90. The summed E-state index contributed by atoms with van der Waals surface area (Å²) < 4.78 is 3.66. The molecule has 2 N–H and O–H groups in total. The Labute approximate surface area is 213 Å². The van der Waals surface area contributed by atoms with Crippen molar-refractivity contribution in [1.29, 1.82) is 0 Å². The first-order chi connectivity index (χ1) is 17.9. The number of nitrogens with zero attached hydrogens (tertiary/aromatic N) is 5. The van der Waals surface area contributed by atoms with Gasteiger partial charge in [0.2, 0.25) is 0 Å². The van der Waals surface area contributed by atoms with Crippen LogP contribution in [0.1, 0.15) is 11.3 Å². The van der Waals surface area contributed by atoms with Crippen LogP contribution in [0.4, 0.5) is 0 Å². The molecule has 3 aromatic heterocycles. The van der Waals surface area contributed by atoms with Gasteiger partial charge in [0.25, 0.3) is 0 Å². The molecule has 3 heterocycles. The number of pyridine rings is 1. The maximum absolute atomic E-state index is 10.0. The van der Waals surface area contributed by atoms with Gasteiger partial charge in [0.15, 0.2) is 11.5 Å². The predicted octanol–water partition coefficient (Wildman–Crippen LogP) is 6.18. The van der Waals surface area contributed by atoms with Gasteiger partial charge in [-0.1, -0.05) is 30.3 Å². The molecule has 182 valence electrons. The van der Waals surface area contributed by atoms with Crippen LogP contribution in [0.15, 0.2) is 84.9 Å². The largest absolute Gasteiger partial charge is 0.508 e. The molecule has 0 aliphatic carbocycles. The van der Waals surface area contributed by atoms with E-state index in [4.69, 9.17) is 10.1 Å². The fraction of sp³-hybridized carbons (Fsp3) is 0.100. The number of aromatic hydroxyl groups is 2. The topological polar surface area (TPSA) is 89.0 Å². The zero-order valence-corrected chi connectivity index (χ0v) is 20.7. The van der Waals surface area contributed by atoms with E-state index >= 15 is 0 Å². The van der Waals surface area contributed by atoms with Crippen molar-refractivity contribution in [3.8, 4) is 51.0 Å². The molecule has 0 amide bonds. The van der Waals surface area contributed by atoms with Crippen molar-refractivity contribution in [3.05, 3.63) is 96.2 Å². The number of hydrogen-bond donors (Lipinski definition) is 2. The highest BCUT2D eigenvalue weighted by Crippen LogP contribution is 2.42. The molecule has 0 bridgehead atoms. The molecule has 3 aromatic carbocycles. The molecular weight excluding hydrogens is 462 g/mol. The fourth-order valence-electron chi connectivity index (χ4n) is 4.92. The van der Waals surface area contributed by atoms with Crippen LogP contribution in [-0.2, 0) is 7.05 Å². The molecule has 6 aromatic rings. The van der Waals surface area contributed by atoms with Gasteiger partial charge in [-0.05, 0) is 79.6 Å².